The highest BCUT2D eigenvalue weighted by molar-refractivity contribution is 5.22. The highest BCUT2D eigenvalue weighted by atomic mass is 19.1. The molecule has 2 N–H and O–H groups in total. The molecule has 1 saturated heterocycles. The Bertz CT molecular complexity index is 488. The van der Waals surface area contributed by atoms with Gasteiger partial charge < -0.3 is 20.1 Å². The molecule has 128 valence electrons. The zero-order chi connectivity index (χ0) is 16.2. The number of benzene rings is 1. The van der Waals surface area contributed by atoms with Gasteiger partial charge in [0, 0.05) is 18.5 Å². The van der Waals surface area contributed by atoms with Gasteiger partial charge in [0.2, 0.25) is 0 Å². The van der Waals surface area contributed by atoms with Crippen molar-refractivity contribution in [1.82, 2.24) is 10.2 Å². The Kier molecular flexibility index (Phi) is 5.51. The van der Waals surface area contributed by atoms with Gasteiger partial charge in [-0.2, -0.15) is 0 Å². The highest BCUT2D eigenvalue weighted by Crippen LogP contribution is 2.29. The third-order valence-corrected chi connectivity index (χ3v) is 5.17. The molecule has 0 unspecified atom stereocenters. The van der Waals surface area contributed by atoms with Crippen LogP contribution in [0.5, 0.6) is 5.75 Å². The summed E-state index contributed by atoms with van der Waals surface area (Å²) < 4.78 is 18.8. The van der Waals surface area contributed by atoms with Crippen LogP contribution in [-0.4, -0.2) is 54.9 Å². The van der Waals surface area contributed by atoms with E-state index in [2.05, 4.69) is 17.3 Å². The van der Waals surface area contributed by atoms with Crippen molar-refractivity contribution in [3.8, 4) is 5.75 Å². The number of piperidine rings is 1. The van der Waals surface area contributed by atoms with E-state index >= 15 is 0 Å². The summed E-state index contributed by atoms with van der Waals surface area (Å²) in [4.78, 5) is 2.36. The Labute approximate surface area is 137 Å². The molecule has 0 radical (unpaired) electrons. The molecule has 1 aliphatic heterocycles. The molecule has 5 heteroatoms. The lowest BCUT2D eigenvalue weighted by Crippen LogP contribution is -2.44. The van der Waals surface area contributed by atoms with E-state index in [1.54, 1.807) is 12.1 Å². The van der Waals surface area contributed by atoms with Crippen molar-refractivity contribution < 1.29 is 14.2 Å². The average molecular weight is 322 g/mol. The van der Waals surface area contributed by atoms with E-state index in [1.165, 1.54) is 25.0 Å². The van der Waals surface area contributed by atoms with Crippen LogP contribution in [0.15, 0.2) is 24.3 Å². The van der Waals surface area contributed by atoms with E-state index in [0.717, 1.165) is 32.5 Å². The molecule has 3 atom stereocenters. The first-order valence-electron chi connectivity index (χ1n) is 8.64. The molecule has 1 aromatic rings. The lowest BCUT2D eigenvalue weighted by Gasteiger charge is -2.31. The first kappa shape index (κ1) is 16.7. The van der Waals surface area contributed by atoms with Crippen molar-refractivity contribution in [2.24, 2.45) is 5.92 Å². The molecular weight excluding hydrogens is 295 g/mol. The molecule has 1 aliphatic carbocycles. The fourth-order valence-electron chi connectivity index (χ4n) is 3.59. The second-order valence-electron chi connectivity index (χ2n) is 6.92. The second-order valence-corrected chi connectivity index (χ2v) is 6.92. The number of rotatable bonds is 5. The molecule has 0 amide bonds. The molecule has 23 heavy (non-hydrogen) atoms. The van der Waals surface area contributed by atoms with Crippen LogP contribution >= 0.6 is 0 Å². The van der Waals surface area contributed by atoms with Gasteiger partial charge >= 0.3 is 0 Å². The lowest BCUT2D eigenvalue weighted by molar-refractivity contribution is 0.0338. The molecule has 3 rings (SSSR count). The van der Waals surface area contributed by atoms with Gasteiger partial charge in [-0.15, -0.1) is 0 Å². The molecule has 0 aromatic heterocycles. The molecule has 4 nitrogen and oxygen atoms in total. The van der Waals surface area contributed by atoms with Gasteiger partial charge in [-0.1, -0.05) is 0 Å². The minimum absolute atomic E-state index is 0.190. The topological polar surface area (TPSA) is 44.7 Å². The van der Waals surface area contributed by atoms with Crippen LogP contribution in [0.2, 0.25) is 0 Å². The van der Waals surface area contributed by atoms with Crippen LogP contribution in [0.3, 0.4) is 0 Å². The molecule has 1 heterocycles. The summed E-state index contributed by atoms with van der Waals surface area (Å²) in [5.41, 5.74) is 0. The summed E-state index contributed by atoms with van der Waals surface area (Å²) in [5.74, 6) is 0.587. The predicted molar refractivity (Wildman–Crippen MR) is 88.1 cm³/mol. The molecule has 1 saturated carbocycles. The monoisotopic (exact) mass is 322 g/mol. The molecule has 0 spiro atoms. The molecule has 2 aliphatic rings. The maximum absolute atomic E-state index is 12.9. The van der Waals surface area contributed by atoms with Crippen molar-refractivity contribution in [3.05, 3.63) is 30.1 Å². The summed E-state index contributed by atoms with van der Waals surface area (Å²) >= 11 is 0. The van der Waals surface area contributed by atoms with Gasteiger partial charge in [-0.05, 0) is 70.1 Å². The third kappa shape index (κ3) is 4.43. The minimum Gasteiger partial charge on any atom is -0.488 e. The Morgan fingerprint density at radius 2 is 1.87 bits per heavy atom. The first-order valence-corrected chi connectivity index (χ1v) is 8.64. The van der Waals surface area contributed by atoms with E-state index in [4.69, 9.17) is 4.74 Å². The van der Waals surface area contributed by atoms with Crippen molar-refractivity contribution in [1.29, 1.82) is 0 Å². The Morgan fingerprint density at radius 1 is 1.17 bits per heavy atom. The van der Waals surface area contributed by atoms with Gasteiger partial charge in [0.15, 0.2) is 0 Å². The zero-order valence-electron chi connectivity index (χ0n) is 13.7. The van der Waals surface area contributed by atoms with E-state index in [9.17, 15) is 9.50 Å². The smallest absolute Gasteiger partial charge is 0.125 e. The number of nitrogens with zero attached hydrogens (tertiary/aromatic N) is 1. The number of hydrogen-bond donors (Lipinski definition) is 2. The Balaban J connectivity index is 1.45. The first-order chi connectivity index (χ1) is 11.1. The fourth-order valence-corrected chi connectivity index (χ4v) is 3.59. The number of halogens is 1. The maximum Gasteiger partial charge on any atom is 0.125 e. The standard InChI is InChI=1S/C18H27FN2O2/c1-21-10-8-15(9-11-21)20-12-13-2-7-17(18(13)22)23-16-5-3-14(19)4-6-16/h3-6,13,15,17-18,20,22H,2,7-12H2,1H3/t13-,17-,18-/m1/s1. The van der Waals surface area contributed by atoms with Gasteiger partial charge in [-0.3, -0.25) is 0 Å². The normalized spacial score (nSPS) is 29.8. The van der Waals surface area contributed by atoms with Gasteiger partial charge in [0.1, 0.15) is 17.7 Å². The number of nitrogens with one attached hydrogen (secondary N) is 1. The number of aliphatic hydroxyl groups is 1. The number of hydrogen-bond acceptors (Lipinski definition) is 4. The largest absolute Gasteiger partial charge is 0.488 e. The summed E-state index contributed by atoms with van der Waals surface area (Å²) in [6.45, 7) is 3.13. The predicted octanol–water partition coefficient (Wildman–Crippen LogP) is 2.03. The minimum atomic E-state index is -0.459. The summed E-state index contributed by atoms with van der Waals surface area (Å²) in [6, 6.07) is 6.57. The number of likely N-dealkylation sites (tertiary alicyclic amines) is 1. The highest BCUT2D eigenvalue weighted by Gasteiger charge is 2.36. The molecule has 1 aromatic carbocycles. The van der Waals surface area contributed by atoms with E-state index in [-0.39, 0.29) is 17.8 Å². The Hall–Kier alpha value is -1.17. The number of aliphatic hydroxyl groups excluding tert-OH is 1. The lowest BCUT2D eigenvalue weighted by atomic mass is 10.0. The van der Waals surface area contributed by atoms with E-state index < -0.39 is 6.10 Å². The maximum atomic E-state index is 12.9. The van der Waals surface area contributed by atoms with Crippen LogP contribution in [0.25, 0.3) is 0 Å². The fraction of sp³-hybridized carbons (Fsp3) is 0.667. The van der Waals surface area contributed by atoms with Crippen LogP contribution in [0.4, 0.5) is 4.39 Å². The molecule has 0 bridgehead atoms. The quantitative estimate of drug-likeness (QED) is 0.871. The summed E-state index contributed by atoms with van der Waals surface area (Å²) in [5, 5.41) is 14.1. The van der Waals surface area contributed by atoms with Crippen LogP contribution in [-0.2, 0) is 0 Å². The summed E-state index contributed by atoms with van der Waals surface area (Å²) in [6.07, 6.45) is 3.51. The van der Waals surface area contributed by atoms with Crippen molar-refractivity contribution in [3.63, 3.8) is 0 Å². The zero-order valence-corrected chi connectivity index (χ0v) is 13.7. The Morgan fingerprint density at radius 3 is 2.57 bits per heavy atom. The van der Waals surface area contributed by atoms with Gasteiger partial charge in [-0.25, -0.2) is 4.39 Å². The SMILES string of the molecule is CN1CCC(NC[C@H]2CC[C@@H](Oc3ccc(F)cc3)[C@@H]2O)CC1. The van der Waals surface area contributed by atoms with Crippen LogP contribution in [0.1, 0.15) is 25.7 Å². The van der Waals surface area contributed by atoms with Crippen molar-refractivity contribution in [2.75, 3.05) is 26.7 Å². The van der Waals surface area contributed by atoms with Crippen LogP contribution in [0, 0.1) is 11.7 Å². The summed E-state index contributed by atoms with van der Waals surface area (Å²) in [7, 11) is 2.16. The average Bonchev–Trinajstić information content (AvgIpc) is 2.90. The van der Waals surface area contributed by atoms with Gasteiger partial charge in [0.25, 0.3) is 0 Å². The second kappa shape index (κ2) is 7.60. The third-order valence-electron chi connectivity index (χ3n) is 5.17. The van der Waals surface area contributed by atoms with Gasteiger partial charge in [0.05, 0.1) is 6.10 Å². The molecular formula is C18H27FN2O2. The van der Waals surface area contributed by atoms with E-state index in [0.29, 0.717) is 11.8 Å². The molecule has 2 fully saturated rings. The van der Waals surface area contributed by atoms with Crippen LogP contribution < -0.4 is 10.1 Å². The van der Waals surface area contributed by atoms with Crippen molar-refractivity contribution >= 4 is 0 Å². The van der Waals surface area contributed by atoms with E-state index in [1.807, 2.05) is 0 Å². The van der Waals surface area contributed by atoms with Crippen molar-refractivity contribution in [2.45, 2.75) is 43.9 Å². The number of ether oxygens (including phenoxy) is 1.